The number of hydrogen-bond acceptors (Lipinski definition) is 4. The third kappa shape index (κ3) is 3.42. The number of methoxy groups -OCH3 is 1. The van der Waals surface area contributed by atoms with Gasteiger partial charge in [-0.25, -0.2) is 13.1 Å². The molecule has 0 atom stereocenters. The molecule has 0 aromatic heterocycles. The van der Waals surface area contributed by atoms with Crippen LogP contribution in [0.1, 0.15) is 18.9 Å². The number of benzene rings is 1. The fraction of sp³-hybridized carbons (Fsp3) is 0.455. The van der Waals surface area contributed by atoms with Crippen molar-refractivity contribution < 1.29 is 18.3 Å². The van der Waals surface area contributed by atoms with E-state index in [1.165, 1.54) is 25.3 Å². The second-order valence-electron chi connectivity index (χ2n) is 3.53. The predicted octanol–water partition coefficient (Wildman–Crippen LogP) is 0.876. The number of rotatable bonds is 6. The van der Waals surface area contributed by atoms with Crippen LogP contribution < -0.4 is 9.46 Å². The molecular formula is C11H17NO4S. The first kappa shape index (κ1) is 14.0. The monoisotopic (exact) mass is 259 g/mol. The molecule has 0 amide bonds. The van der Waals surface area contributed by atoms with E-state index < -0.39 is 10.0 Å². The molecule has 0 heterocycles. The Morgan fingerprint density at radius 2 is 2.12 bits per heavy atom. The number of sulfonamides is 1. The fourth-order valence-corrected chi connectivity index (χ4v) is 2.55. The van der Waals surface area contributed by atoms with Crippen molar-refractivity contribution in [3.63, 3.8) is 0 Å². The van der Waals surface area contributed by atoms with E-state index in [0.29, 0.717) is 17.9 Å². The van der Waals surface area contributed by atoms with Gasteiger partial charge in [0, 0.05) is 12.1 Å². The van der Waals surface area contributed by atoms with Crippen LogP contribution in [0.5, 0.6) is 5.75 Å². The molecule has 0 saturated carbocycles. The van der Waals surface area contributed by atoms with Crippen LogP contribution in [0.4, 0.5) is 0 Å². The second kappa shape index (κ2) is 6.00. The number of nitrogens with one attached hydrogen (secondary N) is 1. The first-order valence-corrected chi connectivity index (χ1v) is 6.81. The minimum absolute atomic E-state index is 0.135. The van der Waals surface area contributed by atoms with Gasteiger partial charge in [-0.2, -0.15) is 0 Å². The highest BCUT2D eigenvalue weighted by atomic mass is 32.2. The van der Waals surface area contributed by atoms with Crippen LogP contribution in [0.25, 0.3) is 0 Å². The maximum atomic E-state index is 11.8. The lowest BCUT2D eigenvalue weighted by Gasteiger charge is -2.10. The summed E-state index contributed by atoms with van der Waals surface area (Å²) < 4.78 is 31.1. The Morgan fingerprint density at radius 3 is 2.65 bits per heavy atom. The summed E-state index contributed by atoms with van der Waals surface area (Å²) in [6.45, 7) is 2.01. The Kier molecular flexibility index (Phi) is 4.92. The number of ether oxygens (including phenoxy) is 1. The fourth-order valence-electron chi connectivity index (χ4n) is 1.37. The average molecular weight is 259 g/mol. The molecule has 0 aliphatic rings. The van der Waals surface area contributed by atoms with Crippen LogP contribution in [-0.4, -0.2) is 27.2 Å². The normalized spacial score (nSPS) is 11.5. The van der Waals surface area contributed by atoms with Gasteiger partial charge in [0.2, 0.25) is 10.0 Å². The molecule has 1 aromatic rings. The summed E-state index contributed by atoms with van der Waals surface area (Å²) in [5.41, 5.74) is 0.451. The lowest BCUT2D eigenvalue weighted by atomic mass is 10.2. The van der Waals surface area contributed by atoms with Crippen molar-refractivity contribution in [3.8, 4) is 5.75 Å². The highest BCUT2D eigenvalue weighted by Crippen LogP contribution is 2.22. The zero-order valence-corrected chi connectivity index (χ0v) is 10.8. The standard InChI is InChI=1S/C11H17NO4S/c1-3-6-12-17(14,15)10-4-5-11(16-2)9(7-10)8-13/h4-5,7,12-13H,3,6,8H2,1-2H3. The first-order valence-electron chi connectivity index (χ1n) is 5.32. The smallest absolute Gasteiger partial charge is 0.240 e. The van der Waals surface area contributed by atoms with Gasteiger partial charge in [-0.3, -0.25) is 0 Å². The van der Waals surface area contributed by atoms with Crippen molar-refractivity contribution in [3.05, 3.63) is 23.8 Å². The van der Waals surface area contributed by atoms with E-state index in [2.05, 4.69) is 4.72 Å². The first-order chi connectivity index (χ1) is 8.05. The predicted molar refractivity (Wildman–Crippen MR) is 64.4 cm³/mol. The lowest BCUT2D eigenvalue weighted by molar-refractivity contribution is 0.273. The Labute approximate surface area is 101 Å². The van der Waals surface area contributed by atoms with Gasteiger partial charge in [-0.05, 0) is 24.6 Å². The molecule has 0 aliphatic heterocycles. The third-order valence-corrected chi connectivity index (χ3v) is 3.73. The van der Waals surface area contributed by atoms with E-state index >= 15 is 0 Å². The summed E-state index contributed by atoms with van der Waals surface area (Å²) in [4.78, 5) is 0.135. The molecule has 5 nitrogen and oxygen atoms in total. The Balaban J connectivity index is 3.07. The van der Waals surface area contributed by atoms with Crippen molar-refractivity contribution in [2.75, 3.05) is 13.7 Å². The van der Waals surface area contributed by atoms with E-state index in [0.717, 1.165) is 6.42 Å². The molecule has 2 N–H and O–H groups in total. The molecule has 1 rings (SSSR count). The van der Waals surface area contributed by atoms with Gasteiger partial charge in [-0.1, -0.05) is 6.92 Å². The topological polar surface area (TPSA) is 75.6 Å². The summed E-state index contributed by atoms with van der Waals surface area (Å²) in [5.74, 6) is 0.474. The summed E-state index contributed by atoms with van der Waals surface area (Å²) in [7, 11) is -2.03. The molecule has 1 aromatic carbocycles. The van der Waals surface area contributed by atoms with Crippen molar-refractivity contribution in [1.82, 2.24) is 4.72 Å². The average Bonchev–Trinajstić information content (AvgIpc) is 2.35. The minimum atomic E-state index is -3.50. The van der Waals surface area contributed by atoms with Crippen LogP contribution in [0.2, 0.25) is 0 Å². The van der Waals surface area contributed by atoms with Crippen molar-refractivity contribution in [2.45, 2.75) is 24.8 Å². The van der Waals surface area contributed by atoms with Crippen LogP contribution in [0, 0.1) is 0 Å². The summed E-state index contributed by atoms with van der Waals surface area (Å²) >= 11 is 0. The Bertz CT molecular complexity index is 470. The summed E-state index contributed by atoms with van der Waals surface area (Å²) in [5, 5.41) is 9.12. The lowest BCUT2D eigenvalue weighted by Crippen LogP contribution is -2.24. The molecule has 17 heavy (non-hydrogen) atoms. The molecule has 96 valence electrons. The van der Waals surface area contributed by atoms with Gasteiger partial charge in [-0.15, -0.1) is 0 Å². The van der Waals surface area contributed by atoms with E-state index in [9.17, 15) is 8.42 Å². The van der Waals surface area contributed by atoms with Gasteiger partial charge >= 0.3 is 0 Å². The van der Waals surface area contributed by atoms with Crippen molar-refractivity contribution in [1.29, 1.82) is 0 Å². The van der Waals surface area contributed by atoms with Crippen LogP contribution in [0.15, 0.2) is 23.1 Å². The number of hydrogen-bond donors (Lipinski definition) is 2. The minimum Gasteiger partial charge on any atom is -0.496 e. The van der Waals surface area contributed by atoms with Gasteiger partial charge in [0.15, 0.2) is 0 Å². The van der Waals surface area contributed by atoms with E-state index in [1.807, 2.05) is 6.92 Å². The number of aliphatic hydroxyl groups excluding tert-OH is 1. The van der Waals surface area contributed by atoms with Crippen molar-refractivity contribution >= 4 is 10.0 Å². The third-order valence-electron chi connectivity index (χ3n) is 2.27. The van der Waals surface area contributed by atoms with Gasteiger partial charge in [0.1, 0.15) is 5.75 Å². The molecule has 0 radical (unpaired) electrons. The molecule has 0 bridgehead atoms. The molecule has 0 saturated heterocycles. The summed E-state index contributed by atoms with van der Waals surface area (Å²) in [6.07, 6.45) is 0.724. The maximum Gasteiger partial charge on any atom is 0.240 e. The van der Waals surface area contributed by atoms with E-state index in [4.69, 9.17) is 9.84 Å². The highest BCUT2D eigenvalue weighted by Gasteiger charge is 2.15. The molecule has 0 spiro atoms. The quantitative estimate of drug-likeness (QED) is 0.795. The molecule has 6 heteroatoms. The van der Waals surface area contributed by atoms with Crippen molar-refractivity contribution in [2.24, 2.45) is 0 Å². The molecular weight excluding hydrogens is 242 g/mol. The van der Waals surface area contributed by atoms with E-state index in [1.54, 1.807) is 0 Å². The second-order valence-corrected chi connectivity index (χ2v) is 5.30. The molecule has 0 unspecified atom stereocenters. The van der Waals surface area contributed by atoms with Gasteiger partial charge in [0.05, 0.1) is 18.6 Å². The SMILES string of the molecule is CCCNS(=O)(=O)c1ccc(OC)c(CO)c1. The Morgan fingerprint density at radius 1 is 1.41 bits per heavy atom. The summed E-state index contributed by atoms with van der Waals surface area (Å²) in [6, 6.07) is 4.40. The Hall–Kier alpha value is -1.11. The van der Waals surface area contributed by atoms with Gasteiger partial charge < -0.3 is 9.84 Å². The zero-order valence-electron chi connectivity index (χ0n) is 9.93. The largest absolute Gasteiger partial charge is 0.496 e. The number of aliphatic hydroxyl groups is 1. The van der Waals surface area contributed by atoms with Gasteiger partial charge in [0.25, 0.3) is 0 Å². The van der Waals surface area contributed by atoms with E-state index in [-0.39, 0.29) is 11.5 Å². The maximum absolute atomic E-state index is 11.8. The van der Waals surface area contributed by atoms with Crippen LogP contribution in [-0.2, 0) is 16.6 Å². The molecule has 0 aliphatic carbocycles. The zero-order chi connectivity index (χ0) is 12.9. The van der Waals surface area contributed by atoms with Crippen LogP contribution >= 0.6 is 0 Å². The molecule has 0 fully saturated rings. The van der Waals surface area contributed by atoms with Crippen LogP contribution in [0.3, 0.4) is 0 Å². The highest BCUT2D eigenvalue weighted by molar-refractivity contribution is 7.89.